The average molecular weight is 511 g/mol. The van der Waals surface area contributed by atoms with Crippen LogP contribution in [0.2, 0.25) is 0 Å². The topological polar surface area (TPSA) is 0 Å². The molecule has 0 atom stereocenters. The van der Waals surface area contributed by atoms with Gasteiger partial charge in [0.1, 0.15) is 0 Å². The van der Waals surface area contributed by atoms with Crippen molar-refractivity contribution >= 4 is 11.1 Å². The molecule has 0 amide bonds. The Labute approximate surface area is 236 Å². The van der Waals surface area contributed by atoms with Gasteiger partial charge in [0.15, 0.2) is 0 Å². The minimum absolute atomic E-state index is 0.644. The van der Waals surface area contributed by atoms with E-state index in [-0.39, 0.29) is 0 Å². The van der Waals surface area contributed by atoms with Crippen LogP contribution in [0.3, 0.4) is 0 Å². The fourth-order valence-electron chi connectivity index (χ4n) is 6.22. The molecule has 0 spiro atoms. The summed E-state index contributed by atoms with van der Waals surface area (Å²) in [5, 5.41) is 0. The first-order chi connectivity index (χ1) is 18.8. The van der Waals surface area contributed by atoms with E-state index in [1.165, 1.54) is 86.0 Å². The van der Waals surface area contributed by atoms with Crippen LogP contribution in [0.25, 0.3) is 44.5 Å². The molecule has 0 saturated heterocycles. The molecule has 1 aliphatic carbocycles. The molecule has 4 aromatic rings. The molecule has 1 fully saturated rings. The lowest BCUT2D eigenvalue weighted by atomic mass is 9.75. The molecule has 0 radical (unpaired) electrons. The van der Waals surface area contributed by atoms with Gasteiger partial charge in [-0.15, -0.1) is 0 Å². The van der Waals surface area contributed by atoms with E-state index < -0.39 is 0 Å². The zero-order valence-electron chi connectivity index (χ0n) is 24.5. The van der Waals surface area contributed by atoms with Gasteiger partial charge >= 0.3 is 0 Å². The van der Waals surface area contributed by atoms with Crippen molar-refractivity contribution in [3.8, 4) is 33.4 Å². The highest BCUT2D eigenvalue weighted by molar-refractivity contribution is 5.91. The van der Waals surface area contributed by atoms with E-state index in [1.54, 1.807) is 0 Å². The van der Waals surface area contributed by atoms with Gasteiger partial charge in [0.2, 0.25) is 0 Å². The first-order valence-corrected chi connectivity index (χ1v) is 14.6. The smallest absolute Gasteiger partial charge is 0.0113 e. The van der Waals surface area contributed by atoms with Crippen molar-refractivity contribution in [1.29, 1.82) is 0 Å². The summed E-state index contributed by atoms with van der Waals surface area (Å²) in [4.78, 5) is 0. The predicted molar refractivity (Wildman–Crippen MR) is 172 cm³/mol. The zero-order chi connectivity index (χ0) is 27.7. The lowest BCUT2D eigenvalue weighted by Crippen LogP contribution is -2.11. The Bertz CT molecular complexity index is 1540. The summed E-state index contributed by atoms with van der Waals surface area (Å²) < 4.78 is 0. The lowest BCUT2D eigenvalue weighted by Gasteiger charge is -2.30. The van der Waals surface area contributed by atoms with E-state index in [0.29, 0.717) is 5.92 Å². The fourth-order valence-corrected chi connectivity index (χ4v) is 6.22. The van der Waals surface area contributed by atoms with Crippen molar-refractivity contribution in [3.05, 3.63) is 119 Å². The Kier molecular flexibility index (Phi) is 7.76. The van der Waals surface area contributed by atoms with Gasteiger partial charge in [0.05, 0.1) is 0 Å². The van der Waals surface area contributed by atoms with Crippen LogP contribution < -0.4 is 0 Å². The molecular formula is C39H42. The quantitative estimate of drug-likeness (QED) is 0.221. The monoisotopic (exact) mass is 510 g/mol. The van der Waals surface area contributed by atoms with Gasteiger partial charge in [-0.1, -0.05) is 98.7 Å². The van der Waals surface area contributed by atoms with Crippen LogP contribution in [-0.2, 0) is 6.42 Å². The zero-order valence-corrected chi connectivity index (χ0v) is 24.5. The molecule has 1 aliphatic rings. The van der Waals surface area contributed by atoms with Crippen LogP contribution in [0.4, 0.5) is 0 Å². The van der Waals surface area contributed by atoms with Crippen molar-refractivity contribution in [2.75, 3.05) is 0 Å². The molecule has 0 aliphatic heterocycles. The molecule has 0 bridgehead atoms. The number of aryl methyl sites for hydroxylation is 1. The van der Waals surface area contributed by atoms with Gasteiger partial charge < -0.3 is 0 Å². The third kappa shape index (κ3) is 5.18. The summed E-state index contributed by atoms with van der Waals surface area (Å²) in [6.07, 6.45) is 6.07. The van der Waals surface area contributed by atoms with Crippen LogP contribution in [0.5, 0.6) is 0 Å². The van der Waals surface area contributed by atoms with E-state index in [0.717, 1.165) is 24.0 Å². The largest absolute Gasteiger partial charge is 0.0955 e. The van der Waals surface area contributed by atoms with Gasteiger partial charge in [0.25, 0.3) is 0 Å². The van der Waals surface area contributed by atoms with Crippen LogP contribution in [-0.4, -0.2) is 0 Å². The predicted octanol–water partition coefficient (Wildman–Crippen LogP) is 11.6. The first kappa shape index (κ1) is 26.9. The fraction of sp³-hybridized carbons (Fsp3) is 0.282. The highest BCUT2D eigenvalue weighted by atomic mass is 14.3. The molecule has 0 aromatic heterocycles. The molecule has 0 unspecified atom stereocenters. The third-order valence-corrected chi connectivity index (χ3v) is 8.70. The van der Waals surface area contributed by atoms with Crippen molar-refractivity contribution in [3.63, 3.8) is 0 Å². The Hall–Kier alpha value is -3.64. The maximum atomic E-state index is 4.29. The Balaban J connectivity index is 1.87. The molecule has 0 heteroatoms. The second kappa shape index (κ2) is 11.2. The molecule has 1 saturated carbocycles. The normalized spacial score (nSPS) is 13.3. The molecule has 0 heterocycles. The standard InChI is InChI=1S/C39H42/c1-8-13-29-18-19-32(25(2)3)22-37(29)35-24-36(28(7)39(27(35)6)31-14-10-9-11-15-31)38-23-33(26(4)5)20-21-34(38)30-16-12-17-30/h9-11,14-15,18-24,30H,2,4,8,12-13,16-17H2,1,3,5-7H3. The van der Waals surface area contributed by atoms with Gasteiger partial charge in [-0.05, 0) is 138 Å². The van der Waals surface area contributed by atoms with E-state index in [4.69, 9.17) is 0 Å². The number of hydrogen-bond donors (Lipinski definition) is 0. The Morgan fingerprint density at radius 2 is 1.31 bits per heavy atom. The number of benzene rings is 4. The summed E-state index contributed by atoms with van der Waals surface area (Å²) in [7, 11) is 0. The summed E-state index contributed by atoms with van der Waals surface area (Å²) in [6.45, 7) is 19.7. The summed E-state index contributed by atoms with van der Waals surface area (Å²) in [6, 6.07) is 27.5. The summed E-state index contributed by atoms with van der Waals surface area (Å²) in [5.41, 5.74) is 18.3. The summed E-state index contributed by atoms with van der Waals surface area (Å²) in [5.74, 6) is 0.644. The van der Waals surface area contributed by atoms with Gasteiger partial charge in [-0.3, -0.25) is 0 Å². The summed E-state index contributed by atoms with van der Waals surface area (Å²) >= 11 is 0. The minimum atomic E-state index is 0.644. The third-order valence-electron chi connectivity index (χ3n) is 8.70. The van der Waals surface area contributed by atoms with E-state index in [9.17, 15) is 0 Å². The van der Waals surface area contributed by atoms with Crippen molar-refractivity contribution in [2.24, 2.45) is 0 Å². The molecule has 198 valence electrons. The van der Waals surface area contributed by atoms with E-state index in [2.05, 4.69) is 121 Å². The molecule has 0 nitrogen and oxygen atoms in total. The maximum Gasteiger partial charge on any atom is -0.0113 e. The minimum Gasteiger partial charge on any atom is -0.0955 e. The van der Waals surface area contributed by atoms with E-state index in [1.807, 2.05) is 0 Å². The maximum absolute atomic E-state index is 4.29. The molecule has 0 N–H and O–H groups in total. The molecule has 39 heavy (non-hydrogen) atoms. The Morgan fingerprint density at radius 3 is 1.87 bits per heavy atom. The van der Waals surface area contributed by atoms with E-state index >= 15 is 0 Å². The highest BCUT2D eigenvalue weighted by Gasteiger charge is 2.25. The molecule has 5 rings (SSSR count). The van der Waals surface area contributed by atoms with Crippen molar-refractivity contribution < 1.29 is 0 Å². The van der Waals surface area contributed by atoms with Crippen LogP contribution in [0, 0.1) is 13.8 Å². The van der Waals surface area contributed by atoms with Gasteiger partial charge in [0, 0.05) is 0 Å². The lowest BCUT2D eigenvalue weighted by molar-refractivity contribution is 0.420. The second-order valence-corrected chi connectivity index (χ2v) is 11.6. The van der Waals surface area contributed by atoms with Crippen LogP contribution in [0.15, 0.2) is 86.0 Å². The van der Waals surface area contributed by atoms with Gasteiger partial charge in [-0.25, -0.2) is 0 Å². The van der Waals surface area contributed by atoms with Gasteiger partial charge in [-0.2, -0.15) is 0 Å². The number of rotatable bonds is 8. The molecular weight excluding hydrogens is 468 g/mol. The van der Waals surface area contributed by atoms with Crippen molar-refractivity contribution in [2.45, 2.75) is 72.6 Å². The SMILES string of the molecule is C=C(C)c1ccc(CCC)c(-c2cc(-c3cc(C(=C)C)ccc3C3CCC3)c(C)c(-c3ccccc3)c2C)c1. The second-order valence-electron chi connectivity index (χ2n) is 11.6. The molecule has 4 aromatic carbocycles. The van der Waals surface area contributed by atoms with Crippen LogP contribution >= 0.6 is 0 Å². The number of allylic oxidation sites excluding steroid dienone is 2. The highest BCUT2D eigenvalue weighted by Crippen LogP contribution is 2.47. The average Bonchev–Trinajstić information content (AvgIpc) is 2.89. The Morgan fingerprint density at radius 1 is 0.718 bits per heavy atom. The van der Waals surface area contributed by atoms with Crippen molar-refractivity contribution in [1.82, 2.24) is 0 Å². The number of hydrogen-bond acceptors (Lipinski definition) is 0. The van der Waals surface area contributed by atoms with Crippen LogP contribution in [0.1, 0.15) is 85.8 Å². The first-order valence-electron chi connectivity index (χ1n) is 14.6.